The molecule has 0 saturated heterocycles. The molecule has 30 heavy (non-hydrogen) atoms. The summed E-state index contributed by atoms with van der Waals surface area (Å²) in [5.74, 6) is 0.0454. The van der Waals surface area contributed by atoms with Crippen molar-refractivity contribution in [3.8, 4) is 5.75 Å². The molecule has 0 radical (unpaired) electrons. The van der Waals surface area contributed by atoms with Gasteiger partial charge in [0.15, 0.2) is 6.61 Å². The molecule has 0 bridgehead atoms. The minimum absolute atomic E-state index is 0.0392. The second-order valence-electron chi connectivity index (χ2n) is 7.57. The van der Waals surface area contributed by atoms with E-state index in [9.17, 15) is 18.0 Å². The molecule has 2 aromatic carbocycles. The third kappa shape index (κ3) is 6.12. The number of alkyl halides is 3. The summed E-state index contributed by atoms with van der Waals surface area (Å²) in [6.45, 7) is 4.33. The number of carbonyl (C=O) groups is 1. The predicted octanol–water partition coefficient (Wildman–Crippen LogP) is 5.04. The van der Waals surface area contributed by atoms with Crippen molar-refractivity contribution >= 4 is 17.5 Å². The van der Waals surface area contributed by atoms with Gasteiger partial charge >= 0.3 is 6.18 Å². The van der Waals surface area contributed by atoms with Gasteiger partial charge in [-0.2, -0.15) is 13.2 Å². The molecule has 3 rings (SSSR count). The van der Waals surface area contributed by atoms with Gasteiger partial charge in [-0.3, -0.25) is 9.69 Å². The number of hydrogen-bond donors (Lipinski definition) is 1. The predicted molar refractivity (Wildman–Crippen MR) is 109 cm³/mol. The highest BCUT2D eigenvalue weighted by Crippen LogP contribution is 2.28. The molecule has 1 amide bonds. The number of fused-ring (bicyclic) bond motifs is 1. The Morgan fingerprint density at radius 2 is 2.00 bits per heavy atom. The number of nitrogens with one attached hydrogen (secondary N) is 1. The fraction of sp³-hybridized carbons (Fsp3) is 0.409. The molecule has 0 fully saturated rings. The van der Waals surface area contributed by atoms with Gasteiger partial charge in [0.2, 0.25) is 5.91 Å². The largest absolute Gasteiger partial charge is 0.484 e. The third-order valence-electron chi connectivity index (χ3n) is 5.06. The lowest BCUT2D eigenvalue weighted by molar-refractivity contribution is -0.153. The quantitative estimate of drug-likeness (QED) is 0.684. The number of benzene rings is 2. The van der Waals surface area contributed by atoms with Crippen LogP contribution >= 0.6 is 11.6 Å². The van der Waals surface area contributed by atoms with Crippen LogP contribution in [0.2, 0.25) is 5.02 Å². The number of rotatable bonds is 6. The van der Waals surface area contributed by atoms with E-state index < -0.39 is 12.8 Å². The average molecular weight is 441 g/mol. The first-order chi connectivity index (χ1) is 14.1. The number of nitrogens with zero attached hydrogens (tertiary/aromatic N) is 1. The number of amides is 1. The molecule has 1 N–H and O–H groups in total. The highest BCUT2D eigenvalue weighted by atomic mass is 35.5. The van der Waals surface area contributed by atoms with Gasteiger partial charge < -0.3 is 10.1 Å². The molecule has 0 saturated carbocycles. The monoisotopic (exact) mass is 440 g/mol. The standard InChI is InChI=1S/C22H24ClF3N2O2/c1-14(27-15(2)29)16-3-4-18-11-28(8-7-17(18)9-16)12-19-5-6-20(10-21(19)23)30-13-22(24,25)26/h3-6,9-10,14H,7-8,11-13H2,1-2H3,(H,27,29). The molecule has 1 unspecified atom stereocenters. The molecular formula is C22H24ClF3N2O2. The van der Waals surface area contributed by atoms with Gasteiger partial charge in [0.1, 0.15) is 5.75 Å². The van der Waals surface area contributed by atoms with Gasteiger partial charge in [0, 0.05) is 31.6 Å². The van der Waals surface area contributed by atoms with E-state index in [-0.39, 0.29) is 17.7 Å². The molecule has 1 heterocycles. The number of halogens is 4. The van der Waals surface area contributed by atoms with E-state index in [1.165, 1.54) is 30.2 Å². The maximum Gasteiger partial charge on any atom is 0.422 e. The zero-order valence-corrected chi connectivity index (χ0v) is 17.6. The summed E-state index contributed by atoms with van der Waals surface area (Å²) < 4.78 is 41.6. The fourth-order valence-electron chi connectivity index (χ4n) is 3.58. The molecule has 162 valence electrons. The van der Waals surface area contributed by atoms with E-state index in [1.807, 2.05) is 13.0 Å². The van der Waals surface area contributed by atoms with Crippen LogP contribution in [-0.2, 0) is 24.3 Å². The summed E-state index contributed by atoms with van der Waals surface area (Å²) in [6, 6.07) is 10.9. The van der Waals surface area contributed by atoms with Crippen LogP contribution in [0, 0.1) is 0 Å². The van der Waals surface area contributed by atoms with Gasteiger partial charge in [-0.25, -0.2) is 0 Å². The third-order valence-corrected chi connectivity index (χ3v) is 5.41. The van der Waals surface area contributed by atoms with Crippen LogP contribution in [0.1, 0.15) is 42.1 Å². The van der Waals surface area contributed by atoms with E-state index in [0.29, 0.717) is 11.6 Å². The van der Waals surface area contributed by atoms with Crippen molar-refractivity contribution in [3.63, 3.8) is 0 Å². The second-order valence-corrected chi connectivity index (χ2v) is 7.98. The molecule has 1 atom stereocenters. The van der Waals surface area contributed by atoms with E-state index in [2.05, 4.69) is 22.3 Å². The SMILES string of the molecule is CC(=O)NC(C)c1ccc2c(c1)CCN(Cc1ccc(OCC(F)(F)F)cc1Cl)C2. The van der Waals surface area contributed by atoms with E-state index in [1.54, 1.807) is 6.07 Å². The number of carbonyl (C=O) groups excluding carboxylic acids is 1. The van der Waals surface area contributed by atoms with Crippen LogP contribution in [0.4, 0.5) is 13.2 Å². The maximum absolute atomic E-state index is 12.3. The summed E-state index contributed by atoms with van der Waals surface area (Å²) in [5, 5.41) is 3.29. The van der Waals surface area contributed by atoms with Crippen molar-refractivity contribution in [2.75, 3.05) is 13.2 Å². The Balaban J connectivity index is 1.63. The molecule has 2 aromatic rings. The van der Waals surface area contributed by atoms with Crippen molar-refractivity contribution < 1.29 is 22.7 Å². The second kappa shape index (κ2) is 9.27. The number of hydrogen-bond acceptors (Lipinski definition) is 3. The van der Waals surface area contributed by atoms with E-state index >= 15 is 0 Å². The Morgan fingerprint density at radius 3 is 2.67 bits per heavy atom. The van der Waals surface area contributed by atoms with Crippen LogP contribution in [0.15, 0.2) is 36.4 Å². The van der Waals surface area contributed by atoms with Crippen LogP contribution < -0.4 is 10.1 Å². The van der Waals surface area contributed by atoms with Gasteiger partial charge in [-0.1, -0.05) is 35.9 Å². The van der Waals surface area contributed by atoms with Crippen LogP contribution in [-0.4, -0.2) is 30.1 Å². The van der Waals surface area contributed by atoms with Gasteiger partial charge in [-0.15, -0.1) is 0 Å². The van der Waals surface area contributed by atoms with Crippen LogP contribution in [0.3, 0.4) is 0 Å². The summed E-state index contributed by atoms with van der Waals surface area (Å²) >= 11 is 6.27. The number of ether oxygens (including phenoxy) is 1. The van der Waals surface area contributed by atoms with Crippen molar-refractivity contribution in [2.24, 2.45) is 0 Å². The highest BCUT2D eigenvalue weighted by molar-refractivity contribution is 6.31. The lowest BCUT2D eigenvalue weighted by atomic mass is 9.95. The summed E-state index contributed by atoms with van der Waals surface area (Å²) in [5.41, 5.74) is 4.41. The molecule has 0 aromatic heterocycles. The molecule has 0 spiro atoms. The zero-order valence-electron chi connectivity index (χ0n) is 16.9. The van der Waals surface area contributed by atoms with Crippen molar-refractivity contribution in [2.45, 2.75) is 45.6 Å². The minimum atomic E-state index is -4.38. The minimum Gasteiger partial charge on any atom is -0.484 e. The Hall–Kier alpha value is -2.25. The van der Waals surface area contributed by atoms with Crippen LogP contribution in [0.25, 0.3) is 0 Å². The molecule has 1 aliphatic heterocycles. The Morgan fingerprint density at radius 1 is 1.23 bits per heavy atom. The first-order valence-corrected chi connectivity index (χ1v) is 10.1. The van der Waals surface area contributed by atoms with Crippen molar-refractivity contribution in [3.05, 3.63) is 63.7 Å². The maximum atomic E-state index is 12.3. The summed E-state index contributed by atoms with van der Waals surface area (Å²) in [6.07, 6.45) is -3.51. The lowest BCUT2D eigenvalue weighted by Crippen LogP contribution is -2.30. The fourth-order valence-corrected chi connectivity index (χ4v) is 3.81. The lowest BCUT2D eigenvalue weighted by Gasteiger charge is -2.30. The molecule has 8 heteroatoms. The first-order valence-electron chi connectivity index (χ1n) is 9.70. The summed E-state index contributed by atoms with van der Waals surface area (Å²) in [4.78, 5) is 13.5. The topological polar surface area (TPSA) is 41.6 Å². The van der Waals surface area contributed by atoms with Gasteiger partial charge in [0.25, 0.3) is 0 Å². The Kier molecular flexibility index (Phi) is 6.93. The normalized spacial score (nSPS) is 15.4. The molecule has 1 aliphatic rings. The smallest absolute Gasteiger partial charge is 0.422 e. The molecule has 4 nitrogen and oxygen atoms in total. The highest BCUT2D eigenvalue weighted by Gasteiger charge is 2.28. The van der Waals surface area contributed by atoms with Crippen molar-refractivity contribution in [1.82, 2.24) is 10.2 Å². The van der Waals surface area contributed by atoms with Gasteiger partial charge in [0.05, 0.1) is 6.04 Å². The summed E-state index contributed by atoms with van der Waals surface area (Å²) in [7, 11) is 0. The van der Waals surface area contributed by atoms with Gasteiger partial charge in [-0.05, 0) is 47.7 Å². The zero-order chi connectivity index (χ0) is 21.9. The average Bonchev–Trinajstić information content (AvgIpc) is 2.66. The van der Waals surface area contributed by atoms with E-state index in [0.717, 1.165) is 30.6 Å². The van der Waals surface area contributed by atoms with Crippen molar-refractivity contribution in [1.29, 1.82) is 0 Å². The van der Waals surface area contributed by atoms with E-state index in [4.69, 9.17) is 16.3 Å². The van der Waals surface area contributed by atoms with Crippen LogP contribution in [0.5, 0.6) is 5.75 Å². The Labute approximate surface area is 179 Å². The Bertz CT molecular complexity index is 918. The first kappa shape index (κ1) is 22.4. The molecular weight excluding hydrogens is 417 g/mol. The molecule has 0 aliphatic carbocycles.